The zero-order valence-corrected chi connectivity index (χ0v) is 7.80. The summed E-state index contributed by atoms with van der Waals surface area (Å²) in [5.41, 5.74) is 1.42. The molecule has 0 heterocycles. The summed E-state index contributed by atoms with van der Waals surface area (Å²) < 4.78 is 0. The van der Waals surface area contributed by atoms with Crippen LogP contribution in [0.5, 0.6) is 0 Å². The summed E-state index contributed by atoms with van der Waals surface area (Å²) in [5, 5.41) is 0. The maximum Gasteiger partial charge on any atom is -0.0349 e. The van der Waals surface area contributed by atoms with Crippen LogP contribution in [0.15, 0.2) is 36.0 Å². The Morgan fingerprint density at radius 3 is 2.36 bits per heavy atom. The maximum absolute atomic E-state index is 2.17. The van der Waals surface area contributed by atoms with Crippen LogP contribution < -0.4 is 0 Å². The Kier molecular flexibility index (Phi) is 6.81. The van der Waals surface area contributed by atoms with Gasteiger partial charge in [-0.05, 0) is 19.8 Å². The van der Waals surface area contributed by atoms with Crippen molar-refractivity contribution in [2.75, 3.05) is 0 Å². The number of rotatable bonds is 4. The molecular weight excluding hydrogens is 132 g/mol. The summed E-state index contributed by atoms with van der Waals surface area (Å²) in [7, 11) is 0. The normalized spacial score (nSPS) is 13.5. The summed E-state index contributed by atoms with van der Waals surface area (Å²) in [5.74, 6) is 0. The lowest BCUT2D eigenvalue weighted by atomic mass is 10.2. The monoisotopic (exact) mass is 150 g/mol. The van der Waals surface area contributed by atoms with Crippen LogP contribution in [-0.4, -0.2) is 0 Å². The van der Waals surface area contributed by atoms with E-state index in [0.29, 0.717) is 0 Å². The minimum atomic E-state index is 1.11. The van der Waals surface area contributed by atoms with Crippen LogP contribution in [0.25, 0.3) is 0 Å². The molecule has 0 radical (unpaired) electrons. The van der Waals surface area contributed by atoms with Crippen LogP contribution in [0.3, 0.4) is 0 Å². The van der Waals surface area contributed by atoms with Gasteiger partial charge in [-0.15, -0.1) is 0 Å². The second-order valence-electron chi connectivity index (χ2n) is 2.59. The molecule has 0 fully saturated rings. The molecule has 0 aromatic heterocycles. The molecule has 0 amide bonds. The molecule has 0 nitrogen and oxygen atoms in total. The Labute approximate surface area is 70.3 Å². The molecule has 0 saturated heterocycles. The Bertz CT molecular complexity index is 159. The smallest absolute Gasteiger partial charge is 0.0349 e. The molecule has 0 rings (SSSR count). The highest BCUT2D eigenvalue weighted by atomic mass is 13.8. The summed E-state index contributed by atoms with van der Waals surface area (Å²) in [4.78, 5) is 0. The van der Waals surface area contributed by atoms with Gasteiger partial charge in [0.2, 0.25) is 0 Å². The fourth-order valence-electron chi connectivity index (χ4n) is 0.616. The lowest BCUT2D eigenvalue weighted by Gasteiger charge is -1.87. The highest BCUT2D eigenvalue weighted by Gasteiger charge is 1.76. The quantitative estimate of drug-likeness (QED) is 0.534. The zero-order chi connectivity index (χ0) is 8.53. The van der Waals surface area contributed by atoms with Crippen molar-refractivity contribution in [1.29, 1.82) is 0 Å². The van der Waals surface area contributed by atoms with Crippen LogP contribution in [0.1, 0.15) is 33.6 Å². The molecule has 0 spiro atoms. The molecule has 0 heteroatoms. The third-order valence-electron chi connectivity index (χ3n) is 1.53. The van der Waals surface area contributed by atoms with E-state index in [1.165, 1.54) is 5.57 Å². The predicted octanol–water partition coefficient (Wildman–Crippen LogP) is 3.87. The molecule has 62 valence electrons. The van der Waals surface area contributed by atoms with E-state index in [1.807, 2.05) is 0 Å². The van der Waals surface area contributed by atoms with Gasteiger partial charge in [0, 0.05) is 0 Å². The second kappa shape index (κ2) is 7.33. The average Bonchev–Trinajstić information content (AvgIpc) is 2.04. The largest absolute Gasteiger partial charge is 0.0848 e. The summed E-state index contributed by atoms with van der Waals surface area (Å²) >= 11 is 0. The lowest BCUT2D eigenvalue weighted by molar-refractivity contribution is 1.10. The first-order valence-electron chi connectivity index (χ1n) is 4.30. The van der Waals surface area contributed by atoms with E-state index < -0.39 is 0 Å². The summed E-state index contributed by atoms with van der Waals surface area (Å²) in [6, 6.07) is 0. The van der Waals surface area contributed by atoms with Gasteiger partial charge in [0.25, 0.3) is 0 Å². The van der Waals surface area contributed by atoms with Crippen molar-refractivity contribution in [1.82, 2.24) is 0 Å². The zero-order valence-electron chi connectivity index (χ0n) is 7.80. The summed E-state index contributed by atoms with van der Waals surface area (Å²) in [6.07, 6.45) is 12.8. The minimum Gasteiger partial charge on any atom is -0.0848 e. The van der Waals surface area contributed by atoms with Gasteiger partial charge in [-0.3, -0.25) is 0 Å². The highest BCUT2D eigenvalue weighted by Crippen LogP contribution is 1.97. The fourth-order valence-corrected chi connectivity index (χ4v) is 0.616. The minimum absolute atomic E-state index is 1.11. The van der Waals surface area contributed by atoms with Gasteiger partial charge in [-0.2, -0.15) is 0 Å². The van der Waals surface area contributed by atoms with E-state index >= 15 is 0 Å². The molecule has 0 N–H and O–H groups in total. The van der Waals surface area contributed by atoms with Gasteiger partial charge in [0.15, 0.2) is 0 Å². The van der Waals surface area contributed by atoms with Gasteiger partial charge in [-0.1, -0.05) is 49.8 Å². The molecule has 0 aromatic carbocycles. The van der Waals surface area contributed by atoms with Crippen LogP contribution in [0, 0.1) is 0 Å². The van der Waals surface area contributed by atoms with Crippen molar-refractivity contribution in [3.05, 3.63) is 36.0 Å². The first-order valence-corrected chi connectivity index (χ1v) is 4.30. The van der Waals surface area contributed by atoms with Crippen molar-refractivity contribution < 1.29 is 0 Å². The Morgan fingerprint density at radius 1 is 1.09 bits per heavy atom. The molecule has 0 saturated carbocycles. The third-order valence-corrected chi connectivity index (χ3v) is 1.53. The Hall–Kier alpha value is -0.780. The van der Waals surface area contributed by atoms with Crippen LogP contribution >= 0.6 is 0 Å². The predicted molar refractivity (Wildman–Crippen MR) is 52.6 cm³/mol. The van der Waals surface area contributed by atoms with Crippen molar-refractivity contribution in [3.8, 4) is 0 Å². The van der Waals surface area contributed by atoms with E-state index in [4.69, 9.17) is 0 Å². The van der Waals surface area contributed by atoms with Crippen molar-refractivity contribution >= 4 is 0 Å². The Balaban J connectivity index is 3.67. The average molecular weight is 150 g/mol. The second-order valence-corrected chi connectivity index (χ2v) is 2.59. The van der Waals surface area contributed by atoms with Crippen LogP contribution in [0.4, 0.5) is 0 Å². The van der Waals surface area contributed by atoms with E-state index in [0.717, 1.165) is 12.8 Å². The SMILES string of the molecule is CC/C=C/C=C\C=C(/C)CC. The van der Waals surface area contributed by atoms with E-state index in [1.54, 1.807) is 0 Å². The lowest BCUT2D eigenvalue weighted by Crippen LogP contribution is -1.66. The molecule has 0 unspecified atom stereocenters. The number of allylic oxidation sites excluding steroid dienone is 6. The molecule has 0 bridgehead atoms. The number of hydrogen-bond donors (Lipinski definition) is 0. The van der Waals surface area contributed by atoms with E-state index in [-0.39, 0.29) is 0 Å². The number of hydrogen-bond acceptors (Lipinski definition) is 0. The molecule has 0 aromatic rings. The van der Waals surface area contributed by atoms with Gasteiger partial charge in [0.1, 0.15) is 0 Å². The topological polar surface area (TPSA) is 0 Å². The summed E-state index contributed by atoms with van der Waals surface area (Å²) in [6.45, 7) is 6.45. The van der Waals surface area contributed by atoms with Gasteiger partial charge in [-0.25, -0.2) is 0 Å². The van der Waals surface area contributed by atoms with Gasteiger partial charge >= 0.3 is 0 Å². The molecule has 0 aliphatic heterocycles. The molecule has 0 aliphatic carbocycles. The van der Waals surface area contributed by atoms with Gasteiger partial charge in [0.05, 0.1) is 0 Å². The van der Waals surface area contributed by atoms with Crippen molar-refractivity contribution in [3.63, 3.8) is 0 Å². The standard InChI is InChI=1S/C11H18/c1-4-6-7-8-9-10-11(3)5-2/h6-10H,4-5H2,1-3H3/b7-6+,9-8-,11-10+. The third kappa shape index (κ3) is 7.11. The Morgan fingerprint density at radius 2 is 1.82 bits per heavy atom. The maximum atomic E-state index is 2.17. The van der Waals surface area contributed by atoms with Crippen molar-refractivity contribution in [2.45, 2.75) is 33.6 Å². The molecule has 0 aliphatic rings. The molecular formula is C11H18. The molecule has 0 atom stereocenters. The van der Waals surface area contributed by atoms with Crippen LogP contribution in [-0.2, 0) is 0 Å². The van der Waals surface area contributed by atoms with E-state index in [9.17, 15) is 0 Å². The fraction of sp³-hybridized carbons (Fsp3) is 0.455. The van der Waals surface area contributed by atoms with Crippen LogP contribution in [0.2, 0.25) is 0 Å². The van der Waals surface area contributed by atoms with E-state index in [2.05, 4.69) is 51.2 Å². The first kappa shape index (κ1) is 10.2. The molecule has 11 heavy (non-hydrogen) atoms. The first-order chi connectivity index (χ1) is 5.31. The highest BCUT2D eigenvalue weighted by molar-refractivity contribution is 5.14. The van der Waals surface area contributed by atoms with Gasteiger partial charge < -0.3 is 0 Å². The van der Waals surface area contributed by atoms with Crippen molar-refractivity contribution in [2.24, 2.45) is 0 Å².